The van der Waals surface area contributed by atoms with Crippen LogP contribution in [0.5, 0.6) is 0 Å². The number of nitrogens with one attached hydrogen (secondary N) is 1. The lowest BCUT2D eigenvalue weighted by Crippen LogP contribution is -2.71. The van der Waals surface area contributed by atoms with Gasteiger partial charge in [0.05, 0.1) is 19.3 Å². The van der Waals surface area contributed by atoms with Crippen molar-refractivity contribution in [2.45, 2.75) is 115 Å². The fourth-order valence-electron chi connectivity index (χ4n) is 5.61. The summed E-state index contributed by atoms with van der Waals surface area (Å²) in [5.74, 6) is -5.17. The highest BCUT2D eigenvalue weighted by Gasteiger charge is 2.62. The minimum Gasteiger partial charge on any atom is -0.467 e. The second-order valence-electron chi connectivity index (χ2n) is 10.4. The number of hydrogen-bond donors (Lipinski definition) is 2. The number of aliphatic hydroxyl groups is 1. The third-order valence-corrected chi connectivity index (χ3v) is 7.16. The van der Waals surface area contributed by atoms with Gasteiger partial charge >= 0.3 is 29.8 Å². The van der Waals surface area contributed by atoms with E-state index in [0.717, 1.165) is 54.1 Å². The third-order valence-electron chi connectivity index (χ3n) is 7.16. The second-order valence-corrected chi connectivity index (χ2v) is 10.4. The van der Waals surface area contributed by atoms with Crippen molar-refractivity contribution in [3.05, 3.63) is 0 Å². The SMILES string of the molecule is COC(=O)[C@@]1(C(O)C2CCCCC2)C[C@H](OC(C)=O)[C@@H](NC(C)=O)[C@H]([C@H](OC(C)=O)[C@@H](COC(C)=O)OC(C)=O)O1. The van der Waals surface area contributed by atoms with Crippen LogP contribution in [-0.2, 0) is 57.2 Å². The van der Waals surface area contributed by atoms with Gasteiger partial charge in [0.2, 0.25) is 5.91 Å². The molecule has 1 saturated carbocycles. The molecule has 41 heavy (non-hydrogen) atoms. The molecule has 0 spiro atoms. The fraction of sp³-hybridized carbons (Fsp3) is 0.778. The van der Waals surface area contributed by atoms with Crippen LogP contribution in [0.3, 0.4) is 0 Å². The molecular formula is C27H41NO13. The van der Waals surface area contributed by atoms with E-state index >= 15 is 0 Å². The molecule has 1 unspecified atom stereocenters. The van der Waals surface area contributed by atoms with E-state index in [-0.39, 0.29) is 0 Å². The Morgan fingerprint density at radius 2 is 1.51 bits per heavy atom. The van der Waals surface area contributed by atoms with Gasteiger partial charge in [-0.25, -0.2) is 4.79 Å². The maximum Gasteiger partial charge on any atom is 0.341 e. The van der Waals surface area contributed by atoms with Gasteiger partial charge in [-0.15, -0.1) is 0 Å². The first-order valence-corrected chi connectivity index (χ1v) is 13.6. The van der Waals surface area contributed by atoms with Gasteiger partial charge in [0, 0.05) is 41.0 Å². The molecule has 0 bridgehead atoms. The van der Waals surface area contributed by atoms with Crippen molar-refractivity contribution < 1.29 is 62.3 Å². The van der Waals surface area contributed by atoms with Crippen molar-refractivity contribution in [2.24, 2.45) is 5.92 Å². The van der Waals surface area contributed by atoms with Crippen molar-refractivity contribution in [1.29, 1.82) is 0 Å². The molecule has 0 aromatic carbocycles. The first kappa shape index (κ1) is 33.9. The van der Waals surface area contributed by atoms with Crippen LogP contribution in [0.15, 0.2) is 0 Å². The normalized spacial score (nSPS) is 26.9. The standard InChI is InChI=1S/C27H41NO13/c1-14(29)28-22-20(38-16(3)31)12-27(26(35)36-6,25(34)19-10-8-7-9-11-19)41-24(22)23(40-18(5)33)21(39-17(4)32)13-37-15(2)30/h19-25,34H,7-13H2,1-6H3,(H,28,29)/t20-,21+,22+,23+,24+,25?,27-/m0/s1. The van der Waals surface area contributed by atoms with Crippen molar-refractivity contribution in [3.8, 4) is 0 Å². The molecule has 2 aliphatic rings. The minimum atomic E-state index is -2.14. The van der Waals surface area contributed by atoms with Crippen LogP contribution in [0.1, 0.15) is 73.1 Å². The summed E-state index contributed by atoms with van der Waals surface area (Å²) >= 11 is 0. The molecule has 7 atom stereocenters. The largest absolute Gasteiger partial charge is 0.467 e. The molecule has 2 fully saturated rings. The predicted molar refractivity (Wildman–Crippen MR) is 138 cm³/mol. The lowest BCUT2D eigenvalue weighted by atomic mass is 9.73. The van der Waals surface area contributed by atoms with Gasteiger partial charge in [-0.2, -0.15) is 0 Å². The third kappa shape index (κ3) is 9.12. The molecule has 2 rings (SSSR count). The Bertz CT molecular complexity index is 978. The quantitative estimate of drug-likeness (QED) is 0.251. The van der Waals surface area contributed by atoms with Gasteiger partial charge in [0.1, 0.15) is 18.8 Å². The van der Waals surface area contributed by atoms with E-state index in [0.29, 0.717) is 12.8 Å². The first-order chi connectivity index (χ1) is 19.2. The maximum atomic E-state index is 13.5. The lowest BCUT2D eigenvalue weighted by Gasteiger charge is -2.51. The topological polar surface area (TPSA) is 190 Å². The van der Waals surface area contributed by atoms with Gasteiger partial charge in [0.25, 0.3) is 0 Å². The molecular weight excluding hydrogens is 546 g/mol. The van der Waals surface area contributed by atoms with Crippen LogP contribution in [0.2, 0.25) is 0 Å². The Labute approximate surface area is 238 Å². The molecule has 0 radical (unpaired) electrons. The van der Waals surface area contributed by atoms with E-state index in [1.165, 1.54) is 6.92 Å². The van der Waals surface area contributed by atoms with Crippen molar-refractivity contribution in [1.82, 2.24) is 5.32 Å². The molecule has 0 aromatic heterocycles. The Morgan fingerprint density at radius 1 is 0.902 bits per heavy atom. The summed E-state index contributed by atoms with van der Waals surface area (Å²) in [4.78, 5) is 74.0. The van der Waals surface area contributed by atoms with Gasteiger partial charge in [-0.3, -0.25) is 24.0 Å². The van der Waals surface area contributed by atoms with E-state index in [9.17, 15) is 33.9 Å². The van der Waals surface area contributed by atoms with Gasteiger partial charge < -0.3 is 38.8 Å². The van der Waals surface area contributed by atoms with Crippen LogP contribution in [0, 0.1) is 5.92 Å². The molecule has 1 amide bonds. The summed E-state index contributed by atoms with van der Waals surface area (Å²) in [5.41, 5.74) is -2.14. The Kier molecular flexibility index (Phi) is 12.5. The monoisotopic (exact) mass is 587 g/mol. The molecule has 14 nitrogen and oxygen atoms in total. The fourth-order valence-corrected chi connectivity index (χ4v) is 5.61. The molecule has 1 heterocycles. The smallest absolute Gasteiger partial charge is 0.341 e. The molecule has 0 aromatic rings. The molecule has 2 N–H and O–H groups in total. The number of amides is 1. The maximum absolute atomic E-state index is 13.5. The van der Waals surface area contributed by atoms with Gasteiger partial charge in [-0.05, 0) is 18.8 Å². The molecule has 14 heteroatoms. The summed E-state index contributed by atoms with van der Waals surface area (Å²) in [7, 11) is 1.10. The number of carbonyl (C=O) groups is 6. The highest BCUT2D eigenvalue weighted by atomic mass is 16.6. The predicted octanol–water partition coefficient (Wildman–Crippen LogP) is 0.491. The number of hydrogen-bond acceptors (Lipinski definition) is 13. The number of rotatable bonds is 11. The minimum absolute atomic E-state index is 0.392. The van der Waals surface area contributed by atoms with Crippen LogP contribution in [-0.4, -0.2) is 96.7 Å². The van der Waals surface area contributed by atoms with Crippen molar-refractivity contribution in [2.75, 3.05) is 13.7 Å². The highest BCUT2D eigenvalue weighted by Crippen LogP contribution is 2.42. The van der Waals surface area contributed by atoms with Crippen molar-refractivity contribution in [3.63, 3.8) is 0 Å². The summed E-state index contributed by atoms with van der Waals surface area (Å²) in [6.07, 6.45) is -4.11. The lowest BCUT2D eigenvalue weighted by molar-refractivity contribution is -0.265. The number of ether oxygens (including phenoxy) is 6. The molecule has 1 aliphatic carbocycles. The van der Waals surface area contributed by atoms with Crippen LogP contribution in [0.4, 0.5) is 0 Å². The zero-order valence-electron chi connectivity index (χ0n) is 24.3. The molecule has 1 saturated heterocycles. The number of esters is 5. The zero-order chi connectivity index (χ0) is 30.9. The van der Waals surface area contributed by atoms with Crippen molar-refractivity contribution >= 4 is 35.8 Å². The Morgan fingerprint density at radius 3 is 2.00 bits per heavy atom. The molecule has 232 valence electrons. The van der Waals surface area contributed by atoms with E-state index in [4.69, 9.17) is 28.4 Å². The number of methoxy groups -OCH3 is 1. The highest BCUT2D eigenvalue weighted by molar-refractivity contribution is 5.81. The van der Waals surface area contributed by atoms with Gasteiger partial charge in [-0.1, -0.05) is 19.3 Å². The first-order valence-electron chi connectivity index (χ1n) is 13.6. The summed E-state index contributed by atoms with van der Waals surface area (Å²) in [6.45, 7) is 4.97. The van der Waals surface area contributed by atoms with Crippen LogP contribution in [0.25, 0.3) is 0 Å². The second kappa shape index (κ2) is 15.1. The summed E-state index contributed by atoms with van der Waals surface area (Å²) < 4.78 is 32.9. The average Bonchev–Trinajstić information content (AvgIpc) is 2.89. The van der Waals surface area contributed by atoms with E-state index in [2.05, 4.69) is 5.32 Å². The Balaban J connectivity index is 2.77. The summed E-state index contributed by atoms with van der Waals surface area (Å²) in [5, 5.41) is 14.3. The Hall–Kier alpha value is -3.26. The van der Waals surface area contributed by atoms with Crippen LogP contribution < -0.4 is 5.32 Å². The number of aliphatic hydroxyl groups excluding tert-OH is 1. The number of carbonyl (C=O) groups excluding carboxylic acids is 6. The van der Waals surface area contributed by atoms with Gasteiger partial charge in [0.15, 0.2) is 17.8 Å². The van der Waals surface area contributed by atoms with Crippen LogP contribution >= 0.6 is 0 Å². The zero-order valence-corrected chi connectivity index (χ0v) is 24.3. The molecule has 1 aliphatic heterocycles. The summed E-state index contributed by atoms with van der Waals surface area (Å²) in [6, 6.07) is -1.27. The van der Waals surface area contributed by atoms with E-state index < -0.39 is 96.9 Å². The van der Waals surface area contributed by atoms with E-state index in [1.54, 1.807) is 0 Å². The van der Waals surface area contributed by atoms with E-state index in [1.807, 2.05) is 0 Å². The average molecular weight is 588 g/mol.